The highest BCUT2D eigenvalue weighted by molar-refractivity contribution is 5.92. The molecule has 4 heterocycles. The predicted octanol–water partition coefficient (Wildman–Crippen LogP) is 3.40. The highest BCUT2D eigenvalue weighted by Gasteiger charge is 2.31. The molecule has 0 bridgehead atoms. The smallest absolute Gasteiger partial charge is 0.353 e. The van der Waals surface area contributed by atoms with Crippen LogP contribution in [0.5, 0.6) is 0 Å². The summed E-state index contributed by atoms with van der Waals surface area (Å²) in [5.41, 5.74) is 0.995. The molecule has 1 amide bonds. The number of aromatic nitrogens is 4. The van der Waals surface area contributed by atoms with E-state index in [-0.39, 0.29) is 11.3 Å². The molecule has 1 aliphatic heterocycles. The van der Waals surface area contributed by atoms with E-state index in [0.29, 0.717) is 43.3 Å². The molecule has 1 fully saturated rings. The number of amides is 1. The van der Waals surface area contributed by atoms with Crippen LogP contribution in [0, 0.1) is 0 Å². The van der Waals surface area contributed by atoms with Crippen molar-refractivity contribution in [3.8, 4) is 0 Å². The summed E-state index contributed by atoms with van der Waals surface area (Å²) in [6.45, 7) is 8.00. The van der Waals surface area contributed by atoms with E-state index in [0.717, 1.165) is 18.0 Å². The number of piperazine rings is 1. The summed E-state index contributed by atoms with van der Waals surface area (Å²) in [6.07, 6.45) is -1.74. The van der Waals surface area contributed by atoms with Gasteiger partial charge in [0, 0.05) is 37.8 Å². The van der Waals surface area contributed by atoms with Gasteiger partial charge in [-0.05, 0) is 24.3 Å². The van der Waals surface area contributed by atoms with E-state index < -0.39 is 11.7 Å². The SMILES string of the molecule is CC(C)(C)c1cn2nc(C(=O)N3CCN(c4ccc(C(F)(F)F)cn4)CC3)ccc2n1. The van der Waals surface area contributed by atoms with E-state index in [1.165, 1.54) is 6.07 Å². The van der Waals surface area contributed by atoms with Gasteiger partial charge in [0.2, 0.25) is 0 Å². The van der Waals surface area contributed by atoms with Crippen LogP contribution in [-0.2, 0) is 11.6 Å². The highest BCUT2D eigenvalue weighted by atomic mass is 19.4. The average Bonchev–Trinajstić information content (AvgIpc) is 3.17. The third-order valence-corrected chi connectivity index (χ3v) is 5.27. The normalized spacial score (nSPS) is 15.5. The molecule has 0 atom stereocenters. The number of carbonyl (C=O) groups is 1. The molecule has 0 saturated carbocycles. The molecule has 164 valence electrons. The maximum Gasteiger partial charge on any atom is 0.417 e. The van der Waals surface area contributed by atoms with Gasteiger partial charge in [-0.15, -0.1) is 0 Å². The number of hydrogen-bond donors (Lipinski definition) is 0. The Bertz CT molecular complexity index is 1090. The fourth-order valence-electron chi connectivity index (χ4n) is 3.40. The Morgan fingerprint density at radius 2 is 1.71 bits per heavy atom. The molecule has 1 aliphatic rings. The zero-order valence-corrected chi connectivity index (χ0v) is 17.5. The lowest BCUT2D eigenvalue weighted by Gasteiger charge is -2.35. The second-order valence-electron chi connectivity index (χ2n) is 8.58. The maximum atomic E-state index is 12.9. The van der Waals surface area contributed by atoms with Gasteiger partial charge in [-0.25, -0.2) is 14.5 Å². The van der Waals surface area contributed by atoms with Crippen molar-refractivity contribution in [1.82, 2.24) is 24.5 Å². The summed E-state index contributed by atoms with van der Waals surface area (Å²) in [5.74, 6) is 0.278. The number of imidazole rings is 1. The van der Waals surface area contributed by atoms with Crippen LogP contribution in [0.25, 0.3) is 5.65 Å². The second kappa shape index (κ2) is 7.51. The van der Waals surface area contributed by atoms with Crippen molar-refractivity contribution >= 4 is 17.4 Å². The van der Waals surface area contributed by atoms with E-state index in [1.807, 2.05) is 11.1 Å². The van der Waals surface area contributed by atoms with Crippen LogP contribution >= 0.6 is 0 Å². The van der Waals surface area contributed by atoms with Crippen molar-refractivity contribution < 1.29 is 18.0 Å². The lowest BCUT2D eigenvalue weighted by Crippen LogP contribution is -2.49. The minimum atomic E-state index is -4.41. The number of fused-ring (bicyclic) bond motifs is 1. The van der Waals surface area contributed by atoms with Gasteiger partial charge in [-0.2, -0.15) is 18.3 Å². The van der Waals surface area contributed by atoms with E-state index in [1.54, 1.807) is 21.5 Å². The Morgan fingerprint density at radius 1 is 1.00 bits per heavy atom. The standard InChI is InChI=1S/C21H23F3N6O/c1-20(2,3)16-13-30-18(26-16)7-5-15(27-30)19(31)29-10-8-28(9-11-29)17-6-4-14(12-25-17)21(22,23)24/h4-7,12-13H,8-11H2,1-3H3. The summed E-state index contributed by atoms with van der Waals surface area (Å²) in [6, 6.07) is 5.83. The number of hydrogen-bond acceptors (Lipinski definition) is 5. The first kappa shape index (κ1) is 21.1. The van der Waals surface area contributed by atoms with Gasteiger partial charge in [-0.3, -0.25) is 4.79 Å². The second-order valence-corrected chi connectivity index (χ2v) is 8.58. The van der Waals surface area contributed by atoms with Crippen molar-refractivity contribution in [1.29, 1.82) is 0 Å². The number of rotatable bonds is 2. The van der Waals surface area contributed by atoms with Gasteiger partial charge in [0.25, 0.3) is 5.91 Å². The van der Waals surface area contributed by atoms with Crippen LogP contribution in [0.15, 0.2) is 36.7 Å². The molecule has 0 aliphatic carbocycles. The number of anilines is 1. The maximum absolute atomic E-state index is 12.9. The molecular formula is C21H23F3N6O. The molecule has 0 spiro atoms. The predicted molar refractivity (Wildman–Crippen MR) is 109 cm³/mol. The van der Waals surface area contributed by atoms with Crippen molar-refractivity contribution in [2.45, 2.75) is 32.4 Å². The largest absolute Gasteiger partial charge is 0.417 e. The Morgan fingerprint density at radius 3 is 2.29 bits per heavy atom. The molecule has 0 aromatic carbocycles. The lowest BCUT2D eigenvalue weighted by molar-refractivity contribution is -0.137. The summed E-state index contributed by atoms with van der Waals surface area (Å²) in [5, 5.41) is 4.42. The van der Waals surface area contributed by atoms with Crippen molar-refractivity contribution in [3.63, 3.8) is 0 Å². The van der Waals surface area contributed by atoms with E-state index >= 15 is 0 Å². The van der Waals surface area contributed by atoms with E-state index in [4.69, 9.17) is 0 Å². The van der Waals surface area contributed by atoms with Gasteiger partial charge in [0.1, 0.15) is 11.5 Å². The number of nitrogens with zero attached hydrogens (tertiary/aromatic N) is 6. The quantitative estimate of drug-likeness (QED) is 0.621. The van der Waals surface area contributed by atoms with Crippen LogP contribution in [0.4, 0.5) is 19.0 Å². The first-order valence-corrected chi connectivity index (χ1v) is 9.97. The topological polar surface area (TPSA) is 66.6 Å². The van der Waals surface area contributed by atoms with Gasteiger partial charge >= 0.3 is 6.18 Å². The highest BCUT2D eigenvalue weighted by Crippen LogP contribution is 2.29. The van der Waals surface area contributed by atoms with Crippen LogP contribution in [-0.4, -0.2) is 56.6 Å². The average molecular weight is 432 g/mol. The van der Waals surface area contributed by atoms with Gasteiger partial charge in [-0.1, -0.05) is 20.8 Å². The molecule has 3 aromatic rings. The molecule has 1 saturated heterocycles. The molecule has 0 unspecified atom stereocenters. The molecule has 3 aromatic heterocycles. The molecule has 7 nitrogen and oxygen atoms in total. The Hall–Kier alpha value is -3.17. The molecule has 0 N–H and O–H groups in total. The number of pyridine rings is 1. The zero-order chi connectivity index (χ0) is 22.4. The number of alkyl halides is 3. The van der Waals surface area contributed by atoms with Crippen molar-refractivity contribution in [2.75, 3.05) is 31.1 Å². The fourth-order valence-corrected chi connectivity index (χ4v) is 3.40. The Labute approximate surface area is 177 Å². The van der Waals surface area contributed by atoms with Crippen molar-refractivity contribution in [2.24, 2.45) is 0 Å². The van der Waals surface area contributed by atoms with Gasteiger partial charge in [0.05, 0.1) is 17.5 Å². The summed E-state index contributed by atoms with van der Waals surface area (Å²) in [4.78, 5) is 25.0. The molecule has 0 radical (unpaired) electrons. The van der Waals surface area contributed by atoms with Crippen LogP contribution in [0.3, 0.4) is 0 Å². The molecule has 10 heteroatoms. The van der Waals surface area contributed by atoms with Crippen molar-refractivity contribution in [3.05, 3.63) is 53.6 Å². The lowest BCUT2D eigenvalue weighted by atomic mass is 9.93. The summed E-state index contributed by atoms with van der Waals surface area (Å²) in [7, 11) is 0. The van der Waals surface area contributed by atoms with Crippen LogP contribution in [0.1, 0.15) is 42.5 Å². The molecule has 4 rings (SSSR count). The monoisotopic (exact) mass is 432 g/mol. The first-order valence-electron chi connectivity index (χ1n) is 9.97. The Balaban J connectivity index is 1.43. The summed E-state index contributed by atoms with van der Waals surface area (Å²) >= 11 is 0. The van der Waals surface area contributed by atoms with E-state index in [9.17, 15) is 18.0 Å². The Kier molecular flexibility index (Phi) is 5.10. The molecule has 31 heavy (non-hydrogen) atoms. The van der Waals surface area contributed by atoms with Crippen LogP contribution < -0.4 is 4.90 Å². The summed E-state index contributed by atoms with van der Waals surface area (Å²) < 4.78 is 39.8. The van der Waals surface area contributed by atoms with Gasteiger partial charge < -0.3 is 9.80 Å². The first-order chi connectivity index (χ1) is 14.5. The number of carbonyl (C=O) groups excluding carboxylic acids is 1. The minimum absolute atomic E-state index is 0.124. The third-order valence-electron chi connectivity index (χ3n) is 5.27. The zero-order valence-electron chi connectivity index (χ0n) is 17.5. The minimum Gasteiger partial charge on any atom is -0.353 e. The molecular weight excluding hydrogens is 409 g/mol. The third kappa shape index (κ3) is 4.33. The van der Waals surface area contributed by atoms with Crippen LogP contribution in [0.2, 0.25) is 0 Å². The fraction of sp³-hybridized carbons (Fsp3) is 0.429. The van der Waals surface area contributed by atoms with E-state index in [2.05, 4.69) is 35.8 Å². The number of halogens is 3. The van der Waals surface area contributed by atoms with Gasteiger partial charge in [0.15, 0.2) is 5.65 Å².